The summed E-state index contributed by atoms with van der Waals surface area (Å²) >= 11 is 1.19. The lowest BCUT2D eigenvalue weighted by Gasteiger charge is -2.10. The fraction of sp³-hybridized carbons (Fsp3) is 0.357. The van der Waals surface area contributed by atoms with E-state index in [1.54, 1.807) is 14.1 Å². The summed E-state index contributed by atoms with van der Waals surface area (Å²) in [5, 5.41) is 13.5. The number of ether oxygens (including phenoxy) is 1. The number of thioether (sulfide) groups is 1. The topological polar surface area (TPSA) is 114 Å². The molecule has 10 heteroatoms. The molecule has 1 saturated heterocycles. The van der Waals surface area contributed by atoms with Crippen LogP contribution < -0.4 is 10.1 Å². The molecule has 9 nitrogen and oxygen atoms in total. The molecule has 2 amide bonds. The molecule has 0 aromatic heterocycles. The van der Waals surface area contributed by atoms with Crippen LogP contribution in [0, 0.1) is 10.1 Å². The average Bonchev–Trinajstić information content (AvgIpc) is 2.82. The van der Waals surface area contributed by atoms with Gasteiger partial charge in [0.05, 0.1) is 18.1 Å². The summed E-state index contributed by atoms with van der Waals surface area (Å²) in [4.78, 5) is 40.1. The molecule has 0 radical (unpaired) electrons. The molecular formula is C14H16N4O5S. The van der Waals surface area contributed by atoms with Crippen molar-refractivity contribution < 1.29 is 19.2 Å². The van der Waals surface area contributed by atoms with Crippen LogP contribution in [0.1, 0.15) is 6.42 Å². The van der Waals surface area contributed by atoms with Crippen LogP contribution in [0.4, 0.5) is 11.4 Å². The van der Waals surface area contributed by atoms with Crippen molar-refractivity contribution in [2.24, 2.45) is 4.99 Å². The summed E-state index contributed by atoms with van der Waals surface area (Å²) < 4.78 is 4.94. The van der Waals surface area contributed by atoms with Crippen molar-refractivity contribution in [3.8, 4) is 5.75 Å². The van der Waals surface area contributed by atoms with Gasteiger partial charge in [0, 0.05) is 20.5 Å². The van der Waals surface area contributed by atoms with Crippen molar-refractivity contribution >= 4 is 40.1 Å². The van der Waals surface area contributed by atoms with Crippen molar-refractivity contribution in [3.63, 3.8) is 0 Å². The number of nitrogens with one attached hydrogen (secondary N) is 1. The van der Waals surface area contributed by atoms with E-state index in [1.165, 1.54) is 42.0 Å². The van der Waals surface area contributed by atoms with Crippen LogP contribution in [-0.4, -0.2) is 53.3 Å². The quantitative estimate of drug-likeness (QED) is 0.634. The van der Waals surface area contributed by atoms with Gasteiger partial charge in [0.15, 0.2) is 5.17 Å². The van der Waals surface area contributed by atoms with Crippen LogP contribution in [-0.2, 0) is 9.59 Å². The predicted molar refractivity (Wildman–Crippen MR) is 90.4 cm³/mol. The highest BCUT2D eigenvalue weighted by Gasteiger charge is 2.36. The van der Waals surface area contributed by atoms with Gasteiger partial charge in [0.2, 0.25) is 11.8 Å². The number of amides is 2. The van der Waals surface area contributed by atoms with E-state index in [2.05, 4.69) is 10.3 Å². The van der Waals surface area contributed by atoms with Gasteiger partial charge in [-0.05, 0) is 12.1 Å². The number of carbonyl (C=O) groups excluding carboxylic acids is 2. The molecule has 1 heterocycles. The van der Waals surface area contributed by atoms with Crippen LogP contribution in [0.2, 0.25) is 0 Å². The van der Waals surface area contributed by atoms with Gasteiger partial charge in [-0.2, -0.15) is 0 Å². The van der Waals surface area contributed by atoms with Crippen LogP contribution in [0.5, 0.6) is 5.75 Å². The van der Waals surface area contributed by atoms with E-state index in [0.29, 0.717) is 10.9 Å². The molecule has 1 atom stereocenters. The number of hydrogen-bond donors (Lipinski definition) is 1. The first kappa shape index (κ1) is 17.7. The number of nitro groups is 1. The number of carbonyl (C=O) groups is 2. The molecule has 0 unspecified atom stereocenters. The first-order valence-corrected chi connectivity index (χ1v) is 7.78. The maximum Gasteiger partial charge on any atom is 0.296 e. The molecule has 1 aliphatic rings. The van der Waals surface area contributed by atoms with E-state index in [4.69, 9.17) is 4.74 Å². The second kappa shape index (κ2) is 7.30. The van der Waals surface area contributed by atoms with E-state index < -0.39 is 16.1 Å². The Bertz CT molecular complexity index is 721. The van der Waals surface area contributed by atoms with Crippen molar-refractivity contribution in [2.45, 2.75) is 11.7 Å². The van der Waals surface area contributed by atoms with Crippen LogP contribution in [0.25, 0.3) is 0 Å². The molecule has 0 aliphatic carbocycles. The average molecular weight is 352 g/mol. The molecule has 24 heavy (non-hydrogen) atoms. The standard InChI is InChI=1S/C14H16N4O5S/c1-15-14-17(2)13(20)11(24-14)7-12(19)16-9-5-4-8(23-3)6-10(9)18(21)22/h4-6,11H,7H2,1-3H3,(H,16,19)/t11-/m0/s1. The number of benzene rings is 1. The molecular weight excluding hydrogens is 336 g/mol. The molecule has 1 fully saturated rings. The Morgan fingerprint density at radius 1 is 1.54 bits per heavy atom. The summed E-state index contributed by atoms with van der Waals surface area (Å²) in [6, 6.07) is 4.12. The number of methoxy groups -OCH3 is 1. The molecule has 0 saturated carbocycles. The largest absolute Gasteiger partial charge is 0.496 e. The highest BCUT2D eigenvalue weighted by atomic mass is 32.2. The molecule has 128 valence electrons. The van der Waals surface area contributed by atoms with Gasteiger partial charge in [0.1, 0.15) is 16.7 Å². The van der Waals surface area contributed by atoms with Crippen molar-refractivity contribution in [3.05, 3.63) is 28.3 Å². The van der Waals surface area contributed by atoms with E-state index >= 15 is 0 Å². The normalized spacial score (nSPS) is 18.8. The van der Waals surface area contributed by atoms with Crippen LogP contribution in [0.15, 0.2) is 23.2 Å². The molecule has 1 N–H and O–H groups in total. The second-order valence-electron chi connectivity index (χ2n) is 4.90. The summed E-state index contributed by atoms with van der Waals surface area (Å²) in [6.07, 6.45) is -0.101. The minimum atomic E-state index is -0.608. The van der Waals surface area contributed by atoms with Crippen molar-refractivity contribution in [2.75, 3.05) is 26.5 Å². The second-order valence-corrected chi connectivity index (χ2v) is 6.07. The van der Waals surface area contributed by atoms with Gasteiger partial charge >= 0.3 is 0 Å². The minimum absolute atomic E-state index is 0.0546. The summed E-state index contributed by atoms with van der Waals surface area (Å²) in [5.74, 6) is -0.397. The van der Waals surface area contributed by atoms with Crippen molar-refractivity contribution in [1.82, 2.24) is 4.90 Å². The van der Waals surface area contributed by atoms with Crippen LogP contribution in [0.3, 0.4) is 0 Å². The molecule has 0 bridgehead atoms. The number of hydrogen-bond acceptors (Lipinski definition) is 7. The lowest BCUT2D eigenvalue weighted by molar-refractivity contribution is -0.384. The molecule has 0 spiro atoms. The number of nitrogens with zero attached hydrogens (tertiary/aromatic N) is 3. The van der Waals surface area contributed by atoms with E-state index in [-0.39, 0.29) is 23.7 Å². The van der Waals surface area contributed by atoms with E-state index in [1.807, 2.05) is 0 Å². The Labute approximate surface area is 142 Å². The third-order valence-corrected chi connectivity index (χ3v) is 4.70. The van der Waals surface area contributed by atoms with Gasteiger partial charge in [-0.25, -0.2) is 0 Å². The Hall–Kier alpha value is -2.62. The fourth-order valence-electron chi connectivity index (χ4n) is 2.16. The Morgan fingerprint density at radius 3 is 2.79 bits per heavy atom. The van der Waals surface area contributed by atoms with Gasteiger partial charge in [-0.15, -0.1) is 0 Å². The first-order chi connectivity index (χ1) is 11.4. The SMILES string of the molecule is CN=C1S[C@@H](CC(=O)Nc2ccc(OC)cc2[N+](=O)[O-])C(=O)N1C. The maximum absolute atomic E-state index is 12.2. The van der Waals surface area contributed by atoms with E-state index in [9.17, 15) is 19.7 Å². The summed E-state index contributed by atoms with van der Waals surface area (Å²) in [7, 11) is 4.54. The van der Waals surface area contributed by atoms with Gasteiger partial charge in [-0.1, -0.05) is 11.8 Å². The lowest BCUT2D eigenvalue weighted by atomic mass is 10.2. The number of aliphatic imine (C=N–C) groups is 1. The maximum atomic E-state index is 12.2. The number of anilines is 1. The smallest absolute Gasteiger partial charge is 0.296 e. The monoisotopic (exact) mass is 352 g/mol. The zero-order valence-electron chi connectivity index (χ0n) is 13.3. The fourth-order valence-corrected chi connectivity index (χ4v) is 3.27. The van der Waals surface area contributed by atoms with Crippen LogP contribution >= 0.6 is 11.8 Å². The summed E-state index contributed by atoms with van der Waals surface area (Å²) in [6.45, 7) is 0. The van der Waals surface area contributed by atoms with Crippen molar-refractivity contribution in [1.29, 1.82) is 0 Å². The minimum Gasteiger partial charge on any atom is -0.496 e. The third kappa shape index (κ3) is 3.65. The van der Waals surface area contributed by atoms with Gasteiger partial charge < -0.3 is 10.1 Å². The Balaban J connectivity index is 2.11. The molecule has 1 aliphatic heterocycles. The Morgan fingerprint density at radius 2 is 2.25 bits per heavy atom. The number of nitro benzene ring substituents is 1. The zero-order valence-corrected chi connectivity index (χ0v) is 14.1. The van der Waals surface area contributed by atoms with Gasteiger partial charge in [0.25, 0.3) is 5.69 Å². The molecule has 1 aromatic carbocycles. The number of amidine groups is 1. The highest BCUT2D eigenvalue weighted by Crippen LogP contribution is 2.31. The molecule has 1 aromatic rings. The predicted octanol–water partition coefficient (Wildman–Crippen LogP) is 1.49. The Kier molecular flexibility index (Phi) is 5.39. The summed E-state index contributed by atoms with van der Waals surface area (Å²) in [5.41, 5.74) is -0.222. The van der Waals surface area contributed by atoms with Gasteiger partial charge in [-0.3, -0.25) is 29.6 Å². The number of rotatable bonds is 5. The highest BCUT2D eigenvalue weighted by molar-refractivity contribution is 8.15. The van der Waals surface area contributed by atoms with E-state index in [0.717, 1.165) is 0 Å². The lowest BCUT2D eigenvalue weighted by Crippen LogP contribution is -2.30. The third-order valence-electron chi connectivity index (χ3n) is 3.38. The zero-order chi connectivity index (χ0) is 17.9. The molecule has 2 rings (SSSR count). The first-order valence-electron chi connectivity index (χ1n) is 6.90.